The molecule has 4 aromatic rings. The van der Waals surface area contributed by atoms with E-state index in [1.807, 2.05) is 20.8 Å². The van der Waals surface area contributed by atoms with Crippen LogP contribution in [-0.2, 0) is 6.61 Å². The second kappa shape index (κ2) is 10.3. The maximum absolute atomic E-state index is 13.0. The smallest absolute Gasteiger partial charge is 0.489 e. The lowest BCUT2D eigenvalue weighted by Gasteiger charge is -2.14. The van der Waals surface area contributed by atoms with Gasteiger partial charge in [0, 0.05) is 23.2 Å². The van der Waals surface area contributed by atoms with E-state index in [9.17, 15) is 18.0 Å². The Morgan fingerprint density at radius 1 is 1.08 bits per heavy atom. The number of carboxylic acid groups (broad SMARTS) is 1. The van der Waals surface area contributed by atoms with Gasteiger partial charge in [0.25, 0.3) is 0 Å². The summed E-state index contributed by atoms with van der Waals surface area (Å²) in [5, 5.41) is 13.1. The zero-order valence-electron chi connectivity index (χ0n) is 20.2. The molecule has 192 valence electrons. The van der Waals surface area contributed by atoms with Crippen molar-refractivity contribution in [2.75, 3.05) is 0 Å². The maximum Gasteiger partial charge on any atom is 0.573 e. The fraction of sp³-hybridized carbons (Fsp3) is 0.222. The third kappa shape index (κ3) is 5.91. The van der Waals surface area contributed by atoms with Crippen molar-refractivity contribution in [3.8, 4) is 34.0 Å². The van der Waals surface area contributed by atoms with E-state index in [2.05, 4.69) is 14.9 Å². The van der Waals surface area contributed by atoms with E-state index < -0.39 is 12.3 Å². The summed E-state index contributed by atoms with van der Waals surface area (Å²) < 4.78 is 54.6. The molecule has 0 radical (unpaired) electrons. The Bertz CT molecular complexity index is 1410. The van der Waals surface area contributed by atoms with E-state index >= 15 is 0 Å². The third-order valence-corrected chi connectivity index (χ3v) is 5.58. The molecule has 0 unspecified atom stereocenters. The topological polar surface area (TPSA) is 94.7 Å². The minimum Gasteiger partial charge on any atom is -0.489 e. The predicted molar refractivity (Wildman–Crippen MR) is 128 cm³/mol. The summed E-state index contributed by atoms with van der Waals surface area (Å²) in [5.74, 6) is -0.528. The van der Waals surface area contributed by atoms with Gasteiger partial charge in [0.15, 0.2) is 0 Å². The van der Waals surface area contributed by atoms with Crippen LogP contribution in [0, 0.1) is 6.92 Å². The summed E-state index contributed by atoms with van der Waals surface area (Å²) in [6.45, 7) is 5.63. The van der Waals surface area contributed by atoms with Crippen LogP contribution >= 0.6 is 0 Å². The number of hydrogen-bond donors (Lipinski definition) is 1. The first-order valence-electron chi connectivity index (χ1n) is 11.3. The molecule has 0 saturated heterocycles. The van der Waals surface area contributed by atoms with Gasteiger partial charge in [0.1, 0.15) is 29.6 Å². The lowest BCUT2D eigenvalue weighted by molar-refractivity contribution is -0.274. The Balaban J connectivity index is 1.61. The van der Waals surface area contributed by atoms with E-state index in [-0.39, 0.29) is 35.1 Å². The summed E-state index contributed by atoms with van der Waals surface area (Å²) in [6.07, 6.45) is -3.57. The Kier molecular flexibility index (Phi) is 7.19. The Morgan fingerprint density at radius 3 is 2.46 bits per heavy atom. The molecule has 0 atom stereocenters. The van der Waals surface area contributed by atoms with Gasteiger partial charge in [-0.3, -0.25) is 4.98 Å². The Labute approximate surface area is 210 Å². The number of aromatic carboxylic acids is 1. The molecule has 0 aliphatic rings. The lowest BCUT2D eigenvalue weighted by Crippen LogP contribution is -2.17. The highest BCUT2D eigenvalue weighted by Crippen LogP contribution is 2.38. The Morgan fingerprint density at radius 2 is 1.84 bits per heavy atom. The van der Waals surface area contributed by atoms with Crippen molar-refractivity contribution in [2.24, 2.45) is 0 Å². The summed E-state index contributed by atoms with van der Waals surface area (Å²) in [4.78, 5) is 15.3. The number of halogens is 3. The molecular weight excluding hydrogens is 489 g/mol. The van der Waals surface area contributed by atoms with Crippen molar-refractivity contribution in [3.05, 3.63) is 83.2 Å². The molecule has 37 heavy (non-hydrogen) atoms. The number of alkyl halides is 3. The van der Waals surface area contributed by atoms with Crippen molar-refractivity contribution in [2.45, 2.75) is 39.7 Å². The number of nitrogens with zero attached hydrogens (tertiary/aromatic N) is 2. The highest BCUT2D eigenvalue weighted by atomic mass is 19.4. The molecule has 4 rings (SSSR count). The van der Waals surface area contributed by atoms with Crippen molar-refractivity contribution in [1.82, 2.24) is 10.1 Å². The molecule has 0 saturated carbocycles. The van der Waals surface area contributed by atoms with Gasteiger partial charge in [0.2, 0.25) is 0 Å². The number of para-hydroxylation sites is 1. The van der Waals surface area contributed by atoms with Gasteiger partial charge in [-0.1, -0.05) is 31.1 Å². The van der Waals surface area contributed by atoms with Gasteiger partial charge in [0.05, 0.1) is 16.8 Å². The molecule has 0 aliphatic heterocycles. The van der Waals surface area contributed by atoms with Crippen LogP contribution in [0.2, 0.25) is 0 Å². The fourth-order valence-electron chi connectivity index (χ4n) is 3.85. The molecular formula is C27H23F3N2O5. The summed E-state index contributed by atoms with van der Waals surface area (Å²) in [7, 11) is 0. The predicted octanol–water partition coefficient (Wildman–Crippen LogP) is 7.01. The quantitative estimate of drug-likeness (QED) is 0.271. The first-order valence-corrected chi connectivity index (χ1v) is 11.3. The maximum atomic E-state index is 13.0. The first kappa shape index (κ1) is 25.7. The van der Waals surface area contributed by atoms with Crippen LogP contribution < -0.4 is 9.47 Å². The molecule has 2 aromatic heterocycles. The summed E-state index contributed by atoms with van der Waals surface area (Å²) in [5.41, 5.74) is 3.20. The lowest BCUT2D eigenvalue weighted by atomic mass is 10.0. The number of pyridine rings is 1. The van der Waals surface area contributed by atoms with E-state index in [0.717, 1.165) is 11.1 Å². The van der Waals surface area contributed by atoms with Gasteiger partial charge in [-0.05, 0) is 55.0 Å². The van der Waals surface area contributed by atoms with Crippen LogP contribution in [0.4, 0.5) is 13.2 Å². The minimum atomic E-state index is -4.86. The second-order valence-electron chi connectivity index (χ2n) is 8.58. The number of rotatable bonds is 8. The Hall–Kier alpha value is -4.34. The van der Waals surface area contributed by atoms with Crippen LogP contribution in [0.15, 0.2) is 65.3 Å². The van der Waals surface area contributed by atoms with Gasteiger partial charge < -0.3 is 19.1 Å². The van der Waals surface area contributed by atoms with Gasteiger partial charge in [-0.25, -0.2) is 4.79 Å². The van der Waals surface area contributed by atoms with E-state index in [4.69, 9.17) is 14.4 Å². The van der Waals surface area contributed by atoms with Crippen LogP contribution in [-0.4, -0.2) is 27.6 Å². The average molecular weight is 512 g/mol. The van der Waals surface area contributed by atoms with Crippen LogP contribution in [0.3, 0.4) is 0 Å². The van der Waals surface area contributed by atoms with Gasteiger partial charge in [-0.2, -0.15) is 0 Å². The molecule has 2 heterocycles. The number of aromatic nitrogens is 2. The standard InChI is InChI=1S/C27H23F3N2O5/c1-15(2)25-21(24(32-37-25)20-6-4-5-7-23(20)36-27(28,29)30)14-35-18-9-10-19(16(3)12-18)22-11-8-17(13-31-22)26(33)34/h4-13,15H,14H2,1-3H3,(H,33,34). The molecule has 10 heteroatoms. The fourth-order valence-corrected chi connectivity index (χ4v) is 3.85. The molecule has 0 bridgehead atoms. The van der Waals surface area contributed by atoms with Gasteiger partial charge in [-0.15, -0.1) is 13.2 Å². The van der Waals surface area contributed by atoms with E-state index in [0.29, 0.717) is 22.8 Å². The summed E-state index contributed by atoms with van der Waals surface area (Å²) in [6, 6.07) is 14.2. The number of ether oxygens (including phenoxy) is 2. The number of benzene rings is 2. The first-order chi connectivity index (χ1) is 17.5. The van der Waals surface area contributed by atoms with Crippen molar-refractivity contribution < 1.29 is 37.1 Å². The number of aryl methyl sites for hydroxylation is 1. The second-order valence-corrected chi connectivity index (χ2v) is 8.58. The molecule has 0 spiro atoms. The molecule has 0 aliphatic carbocycles. The molecule has 7 nitrogen and oxygen atoms in total. The average Bonchev–Trinajstić information content (AvgIpc) is 3.26. The summed E-state index contributed by atoms with van der Waals surface area (Å²) >= 11 is 0. The molecule has 0 fully saturated rings. The molecule has 0 amide bonds. The van der Waals surface area contributed by atoms with Crippen molar-refractivity contribution in [3.63, 3.8) is 0 Å². The van der Waals surface area contributed by atoms with Crippen LogP contribution in [0.1, 0.15) is 47.0 Å². The number of hydrogen-bond acceptors (Lipinski definition) is 6. The normalized spacial score (nSPS) is 11.5. The monoisotopic (exact) mass is 512 g/mol. The highest BCUT2D eigenvalue weighted by Gasteiger charge is 2.33. The molecule has 1 N–H and O–H groups in total. The van der Waals surface area contributed by atoms with Gasteiger partial charge >= 0.3 is 12.3 Å². The zero-order valence-corrected chi connectivity index (χ0v) is 20.2. The molecule has 2 aromatic carbocycles. The number of carboxylic acids is 1. The zero-order chi connectivity index (χ0) is 26.7. The van der Waals surface area contributed by atoms with Crippen LogP contribution in [0.25, 0.3) is 22.5 Å². The van der Waals surface area contributed by atoms with E-state index in [1.165, 1.54) is 30.5 Å². The van der Waals surface area contributed by atoms with E-state index in [1.54, 1.807) is 30.3 Å². The minimum absolute atomic E-state index is 0.00293. The largest absolute Gasteiger partial charge is 0.573 e. The highest BCUT2D eigenvalue weighted by molar-refractivity contribution is 5.87. The van der Waals surface area contributed by atoms with Crippen molar-refractivity contribution >= 4 is 5.97 Å². The third-order valence-electron chi connectivity index (χ3n) is 5.58. The number of carbonyl (C=O) groups is 1. The SMILES string of the molecule is Cc1cc(OCc2c(-c3ccccc3OC(F)(F)F)noc2C(C)C)ccc1-c1ccc(C(=O)O)cn1. The van der Waals surface area contributed by atoms with Crippen LogP contribution in [0.5, 0.6) is 11.5 Å². The van der Waals surface area contributed by atoms with Crippen molar-refractivity contribution in [1.29, 1.82) is 0 Å².